The largest absolute Gasteiger partial charge is 0.467 e. The topological polar surface area (TPSA) is 157 Å². The number of alkyl carbamates (subject to hydrolysis) is 1. The summed E-state index contributed by atoms with van der Waals surface area (Å²) in [5, 5.41) is 5.47. The second-order valence-electron chi connectivity index (χ2n) is 12.3. The van der Waals surface area contributed by atoms with E-state index in [9.17, 15) is 27.6 Å². The number of likely N-dealkylation sites (tertiary alicyclic amines) is 1. The molecule has 0 bridgehead atoms. The summed E-state index contributed by atoms with van der Waals surface area (Å²) in [6.45, 7) is 7.23. The molecular weight excluding hydrogens is 694 g/mol. The van der Waals surface area contributed by atoms with Crippen LogP contribution in [0.25, 0.3) is 0 Å². The summed E-state index contributed by atoms with van der Waals surface area (Å²) in [6, 6.07) is 3.64. The zero-order valence-corrected chi connectivity index (χ0v) is 29.1. The first-order valence-corrected chi connectivity index (χ1v) is 18.2. The highest BCUT2D eigenvalue weighted by Gasteiger charge is 2.62. The van der Waals surface area contributed by atoms with Gasteiger partial charge in [0.2, 0.25) is 11.8 Å². The molecule has 0 radical (unpaired) electrons. The number of nitrogens with zero attached hydrogens (tertiary/aromatic N) is 1. The second kappa shape index (κ2) is 16.2. The van der Waals surface area contributed by atoms with E-state index in [-0.39, 0.29) is 42.7 Å². The van der Waals surface area contributed by atoms with E-state index in [4.69, 9.17) is 13.7 Å². The molecule has 2 aliphatic carbocycles. The maximum absolute atomic E-state index is 14.2. The van der Waals surface area contributed by atoms with Gasteiger partial charge in [-0.15, -0.1) is 13.2 Å². The Balaban J connectivity index is 1.57. The number of allylic oxidation sites excluding steroid dienone is 1. The van der Waals surface area contributed by atoms with Gasteiger partial charge in [0, 0.05) is 23.4 Å². The third kappa shape index (κ3) is 9.23. The summed E-state index contributed by atoms with van der Waals surface area (Å²) in [5.74, 6) is -2.26. The molecule has 1 aromatic rings. The average Bonchev–Trinajstić information content (AvgIpc) is 3.31. The van der Waals surface area contributed by atoms with Gasteiger partial charge in [-0.1, -0.05) is 40.9 Å². The SMILES string of the molecule is C=CCCCCC[C@H](NC(=O)OC1CCCC1)C(=O)N1CC(OS(=O)(=O)c2ccc(Br)cc2)C[C@H]1C(=O)N[C@]1(C(=O)OC)C[C@H]1C=C. The van der Waals surface area contributed by atoms with Crippen molar-refractivity contribution in [2.24, 2.45) is 5.92 Å². The smallest absolute Gasteiger partial charge is 0.408 e. The van der Waals surface area contributed by atoms with Gasteiger partial charge < -0.3 is 25.0 Å². The van der Waals surface area contributed by atoms with Crippen molar-refractivity contribution >= 4 is 49.9 Å². The van der Waals surface area contributed by atoms with Gasteiger partial charge in [0.05, 0.1) is 18.1 Å². The minimum atomic E-state index is -4.26. The predicted molar refractivity (Wildman–Crippen MR) is 176 cm³/mol. The molecule has 0 aromatic heterocycles. The maximum atomic E-state index is 14.2. The minimum absolute atomic E-state index is 0.0864. The third-order valence-corrected chi connectivity index (χ3v) is 10.9. The molecule has 1 aromatic carbocycles. The molecule has 14 heteroatoms. The quantitative estimate of drug-likeness (QED) is 0.108. The highest BCUT2D eigenvalue weighted by Crippen LogP contribution is 2.45. The molecule has 3 amide bonds. The molecule has 1 heterocycles. The lowest BCUT2D eigenvalue weighted by atomic mass is 10.0. The van der Waals surface area contributed by atoms with Crippen LogP contribution in [0.15, 0.2) is 58.9 Å². The molecule has 2 N–H and O–H groups in total. The average molecular weight is 739 g/mol. The van der Waals surface area contributed by atoms with Crippen LogP contribution in [0.3, 0.4) is 0 Å². The summed E-state index contributed by atoms with van der Waals surface area (Å²) in [5.41, 5.74) is -1.33. The Bertz CT molecular complexity index is 1430. The van der Waals surface area contributed by atoms with Crippen molar-refractivity contribution in [1.82, 2.24) is 15.5 Å². The Kier molecular flexibility index (Phi) is 12.7. The van der Waals surface area contributed by atoms with Crippen LogP contribution in [0.2, 0.25) is 0 Å². The molecular formula is C33H44BrN3O9S. The van der Waals surface area contributed by atoms with Crippen LogP contribution < -0.4 is 10.6 Å². The second-order valence-corrected chi connectivity index (χ2v) is 14.8. The lowest BCUT2D eigenvalue weighted by Gasteiger charge is -2.29. The van der Waals surface area contributed by atoms with Crippen molar-refractivity contribution in [1.29, 1.82) is 0 Å². The van der Waals surface area contributed by atoms with Gasteiger partial charge in [-0.05, 0) is 75.6 Å². The Morgan fingerprint density at radius 2 is 1.79 bits per heavy atom. The van der Waals surface area contributed by atoms with E-state index in [2.05, 4.69) is 39.7 Å². The highest BCUT2D eigenvalue weighted by atomic mass is 79.9. The molecule has 4 rings (SSSR count). The molecule has 47 heavy (non-hydrogen) atoms. The molecule has 2 saturated carbocycles. The van der Waals surface area contributed by atoms with Gasteiger partial charge in [-0.2, -0.15) is 8.42 Å². The fourth-order valence-corrected chi connectivity index (χ4v) is 7.63. The summed E-state index contributed by atoms with van der Waals surface area (Å²) in [6.07, 6.45) is 8.18. The summed E-state index contributed by atoms with van der Waals surface area (Å²) < 4.78 is 43.1. The summed E-state index contributed by atoms with van der Waals surface area (Å²) >= 11 is 3.28. The Morgan fingerprint density at radius 3 is 2.40 bits per heavy atom. The molecule has 3 aliphatic rings. The summed E-state index contributed by atoms with van der Waals surface area (Å²) in [4.78, 5) is 54.8. The normalized spacial score (nSPS) is 24.6. The number of hydrogen-bond donors (Lipinski definition) is 2. The van der Waals surface area contributed by atoms with Crippen LogP contribution in [0.5, 0.6) is 0 Å². The van der Waals surface area contributed by atoms with E-state index >= 15 is 0 Å². The Labute approximate surface area is 284 Å². The minimum Gasteiger partial charge on any atom is -0.467 e. The predicted octanol–water partition coefficient (Wildman–Crippen LogP) is 4.53. The molecule has 3 fully saturated rings. The lowest BCUT2D eigenvalue weighted by Crippen LogP contribution is -2.56. The first-order chi connectivity index (χ1) is 22.4. The van der Waals surface area contributed by atoms with Gasteiger partial charge in [0.1, 0.15) is 23.7 Å². The van der Waals surface area contributed by atoms with E-state index in [1.807, 2.05) is 6.08 Å². The standard InChI is InChI=1S/C33H44BrN3O9S/c1-4-6-7-8-9-14-27(35-32(41)45-24-12-10-11-13-24)30(39)37-21-25(46-47(42,43)26-17-15-23(34)16-18-26)19-28(37)29(38)36-33(31(40)44-3)20-22(33)5-2/h4-5,15-18,22,24-25,27-28H,1-2,6-14,19-21H2,3H3,(H,35,41)(H,36,38)/t22-,25?,27+,28+,33-/m1/s1. The molecule has 1 aliphatic heterocycles. The van der Waals surface area contributed by atoms with Crippen LogP contribution in [0.4, 0.5) is 4.79 Å². The van der Waals surface area contributed by atoms with Crippen LogP contribution in [-0.2, 0) is 38.2 Å². The fourth-order valence-electron chi connectivity index (χ4n) is 6.29. The first kappa shape index (κ1) is 36.6. The van der Waals surface area contributed by atoms with Crippen molar-refractivity contribution in [2.75, 3.05) is 13.7 Å². The fraction of sp³-hybridized carbons (Fsp3) is 0.576. The molecule has 1 saturated heterocycles. The van der Waals surface area contributed by atoms with Crippen molar-refractivity contribution in [2.45, 2.75) is 105 Å². The van der Waals surface area contributed by atoms with Crippen molar-refractivity contribution in [3.63, 3.8) is 0 Å². The van der Waals surface area contributed by atoms with Crippen molar-refractivity contribution in [3.05, 3.63) is 54.0 Å². The number of amides is 3. The third-order valence-electron chi connectivity index (χ3n) is 8.98. The van der Waals surface area contributed by atoms with Gasteiger partial charge >= 0.3 is 12.1 Å². The number of halogens is 1. The van der Waals surface area contributed by atoms with Gasteiger partial charge in [-0.25, -0.2) is 9.59 Å². The van der Waals surface area contributed by atoms with Gasteiger partial charge in [0.25, 0.3) is 10.1 Å². The molecule has 258 valence electrons. The zero-order valence-electron chi connectivity index (χ0n) is 26.7. The number of rotatable bonds is 16. The van der Waals surface area contributed by atoms with E-state index in [1.54, 1.807) is 18.2 Å². The number of nitrogens with one attached hydrogen (secondary N) is 2. The Hall–Kier alpha value is -3.23. The van der Waals surface area contributed by atoms with E-state index in [1.165, 1.54) is 24.1 Å². The first-order valence-electron chi connectivity index (χ1n) is 16.0. The number of benzene rings is 1. The van der Waals surface area contributed by atoms with Crippen LogP contribution in [-0.4, -0.2) is 80.7 Å². The number of esters is 1. The maximum Gasteiger partial charge on any atom is 0.408 e. The number of unbranched alkanes of at least 4 members (excludes halogenated alkanes) is 3. The lowest BCUT2D eigenvalue weighted by molar-refractivity contribution is -0.148. The summed E-state index contributed by atoms with van der Waals surface area (Å²) in [7, 11) is -3.05. The van der Waals surface area contributed by atoms with Crippen LogP contribution >= 0.6 is 15.9 Å². The number of carbonyl (C=O) groups excluding carboxylic acids is 4. The van der Waals surface area contributed by atoms with Crippen LogP contribution in [0.1, 0.15) is 70.6 Å². The molecule has 5 atom stereocenters. The molecule has 0 spiro atoms. The number of methoxy groups -OCH3 is 1. The molecule has 12 nitrogen and oxygen atoms in total. The van der Waals surface area contributed by atoms with E-state index < -0.39 is 57.7 Å². The Morgan fingerprint density at radius 1 is 1.09 bits per heavy atom. The zero-order chi connectivity index (χ0) is 34.2. The van der Waals surface area contributed by atoms with Crippen molar-refractivity contribution in [3.8, 4) is 0 Å². The van der Waals surface area contributed by atoms with E-state index in [0.29, 0.717) is 10.9 Å². The number of carbonyl (C=O) groups is 4. The van der Waals surface area contributed by atoms with E-state index in [0.717, 1.165) is 44.9 Å². The number of hydrogen-bond acceptors (Lipinski definition) is 9. The van der Waals surface area contributed by atoms with Crippen molar-refractivity contribution < 1.29 is 41.3 Å². The monoisotopic (exact) mass is 737 g/mol. The molecule has 1 unspecified atom stereocenters. The number of ether oxygens (including phenoxy) is 2. The van der Waals surface area contributed by atoms with Gasteiger partial charge in [0.15, 0.2) is 0 Å². The van der Waals surface area contributed by atoms with Crippen LogP contribution in [0, 0.1) is 5.92 Å². The highest BCUT2D eigenvalue weighted by molar-refractivity contribution is 9.10. The van der Waals surface area contributed by atoms with Gasteiger partial charge in [-0.3, -0.25) is 13.8 Å².